The summed E-state index contributed by atoms with van der Waals surface area (Å²) in [6.07, 6.45) is 4.42. The molecule has 0 saturated carbocycles. The number of aromatic nitrogens is 3. The van der Waals surface area contributed by atoms with E-state index in [1.54, 1.807) is 26.4 Å². The summed E-state index contributed by atoms with van der Waals surface area (Å²) in [7, 11) is 3.38. The molecule has 0 spiro atoms. The van der Waals surface area contributed by atoms with E-state index in [1.807, 2.05) is 46.1 Å². The zero-order valence-corrected chi connectivity index (χ0v) is 17.6. The predicted octanol–water partition coefficient (Wildman–Crippen LogP) is 2.36. The highest BCUT2D eigenvalue weighted by Crippen LogP contribution is 2.20. The van der Waals surface area contributed by atoms with Gasteiger partial charge in [-0.1, -0.05) is 0 Å². The zero-order chi connectivity index (χ0) is 21.6. The summed E-state index contributed by atoms with van der Waals surface area (Å²) >= 11 is 0. The van der Waals surface area contributed by atoms with Gasteiger partial charge in [-0.3, -0.25) is 4.99 Å². The number of methoxy groups -OCH3 is 1. The Balaban J connectivity index is 1.30. The number of guanidine groups is 1. The first-order chi connectivity index (χ1) is 15.2. The summed E-state index contributed by atoms with van der Waals surface area (Å²) in [5, 5.41) is 11.3. The molecule has 0 radical (unpaired) electrons. The second kappa shape index (κ2) is 9.46. The largest absolute Gasteiger partial charge is 0.497 e. The average molecular weight is 423 g/mol. The number of ether oxygens (including phenoxy) is 1. The molecule has 3 aromatic rings. The fraction of sp³-hybridized carbons (Fsp3) is 0.318. The highest BCUT2D eigenvalue weighted by Gasteiger charge is 2.25. The van der Waals surface area contributed by atoms with E-state index < -0.39 is 0 Å². The molecule has 1 saturated heterocycles. The molecule has 1 aromatic carbocycles. The van der Waals surface area contributed by atoms with Crippen LogP contribution in [0.5, 0.6) is 5.75 Å². The van der Waals surface area contributed by atoms with Crippen LogP contribution in [0.3, 0.4) is 0 Å². The smallest absolute Gasteiger partial charge is 0.191 e. The van der Waals surface area contributed by atoms with E-state index in [4.69, 9.17) is 4.74 Å². The molecule has 0 amide bonds. The van der Waals surface area contributed by atoms with Gasteiger partial charge in [0.1, 0.15) is 5.75 Å². The molecule has 3 heterocycles. The van der Waals surface area contributed by atoms with Crippen LogP contribution in [0, 0.1) is 5.82 Å². The van der Waals surface area contributed by atoms with E-state index in [1.165, 1.54) is 6.07 Å². The van der Waals surface area contributed by atoms with E-state index in [0.29, 0.717) is 24.9 Å². The third kappa shape index (κ3) is 4.93. The van der Waals surface area contributed by atoms with Crippen molar-refractivity contribution in [2.24, 2.45) is 4.99 Å². The van der Waals surface area contributed by atoms with Crippen molar-refractivity contribution in [3.63, 3.8) is 0 Å². The highest BCUT2D eigenvalue weighted by molar-refractivity contribution is 5.80. The number of nitrogens with one attached hydrogen (secondary N) is 2. The Bertz CT molecular complexity index is 1030. The Morgan fingerprint density at radius 1 is 1.26 bits per heavy atom. The molecule has 9 heteroatoms. The van der Waals surface area contributed by atoms with Crippen LogP contribution < -0.4 is 20.3 Å². The number of nitrogens with zero attached hydrogens (tertiary/aromatic N) is 5. The van der Waals surface area contributed by atoms with Crippen LogP contribution in [0.2, 0.25) is 0 Å². The maximum absolute atomic E-state index is 14.0. The summed E-state index contributed by atoms with van der Waals surface area (Å²) in [5.74, 6) is 1.60. The van der Waals surface area contributed by atoms with Crippen LogP contribution in [-0.4, -0.2) is 54.0 Å². The Morgan fingerprint density at radius 2 is 2.10 bits per heavy atom. The molecular formula is C22H26FN7O. The number of hydrogen-bond acceptors (Lipinski definition) is 5. The summed E-state index contributed by atoms with van der Waals surface area (Å²) in [5.41, 5.74) is 1.85. The molecule has 2 aromatic heterocycles. The van der Waals surface area contributed by atoms with Crippen molar-refractivity contribution in [3.05, 3.63) is 66.4 Å². The van der Waals surface area contributed by atoms with E-state index in [0.717, 1.165) is 30.1 Å². The Hall–Kier alpha value is -3.62. The molecule has 1 atom stereocenters. The maximum atomic E-state index is 14.0. The molecule has 0 bridgehead atoms. The molecule has 4 rings (SSSR count). The number of benzene rings is 1. The monoisotopic (exact) mass is 423 g/mol. The van der Waals surface area contributed by atoms with Crippen LogP contribution in [0.1, 0.15) is 12.1 Å². The molecule has 31 heavy (non-hydrogen) atoms. The minimum Gasteiger partial charge on any atom is -0.497 e. The molecule has 1 aliphatic heterocycles. The number of rotatable bonds is 6. The summed E-state index contributed by atoms with van der Waals surface area (Å²) in [4.78, 5) is 10.4. The highest BCUT2D eigenvalue weighted by atomic mass is 19.1. The van der Waals surface area contributed by atoms with Gasteiger partial charge in [0.15, 0.2) is 17.6 Å². The van der Waals surface area contributed by atoms with Crippen molar-refractivity contribution < 1.29 is 9.13 Å². The summed E-state index contributed by atoms with van der Waals surface area (Å²) in [6, 6.07) is 12.9. The quantitative estimate of drug-likeness (QED) is 0.468. The fourth-order valence-corrected chi connectivity index (χ4v) is 3.58. The zero-order valence-electron chi connectivity index (χ0n) is 17.6. The lowest BCUT2D eigenvalue weighted by molar-refractivity contribution is 0.414. The van der Waals surface area contributed by atoms with Crippen molar-refractivity contribution in [1.82, 2.24) is 25.4 Å². The third-order valence-corrected chi connectivity index (χ3v) is 5.21. The number of pyridine rings is 1. The number of halogens is 1. The topological polar surface area (TPSA) is 79.6 Å². The van der Waals surface area contributed by atoms with Gasteiger partial charge in [0, 0.05) is 38.6 Å². The van der Waals surface area contributed by atoms with Crippen LogP contribution in [0.4, 0.5) is 10.2 Å². The Morgan fingerprint density at radius 3 is 2.84 bits per heavy atom. The first kappa shape index (κ1) is 20.6. The van der Waals surface area contributed by atoms with Crippen LogP contribution in [0.15, 0.2) is 59.9 Å². The predicted molar refractivity (Wildman–Crippen MR) is 118 cm³/mol. The normalized spacial score (nSPS) is 16.4. The Labute approximate surface area is 180 Å². The van der Waals surface area contributed by atoms with Gasteiger partial charge >= 0.3 is 0 Å². The first-order valence-electron chi connectivity index (χ1n) is 10.2. The molecule has 8 nitrogen and oxygen atoms in total. The van der Waals surface area contributed by atoms with Crippen molar-refractivity contribution in [2.75, 3.05) is 32.1 Å². The van der Waals surface area contributed by atoms with Gasteiger partial charge in [0.25, 0.3) is 0 Å². The first-order valence-corrected chi connectivity index (χ1v) is 10.2. The van der Waals surface area contributed by atoms with Crippen molar-refractivity contribution in [1.29, 1.82) is 0 Å². The number of anilines is 1. The maximum Gasteiger partial charge on any atom is 0.191 e. The van der Waals surface area contributed by atoms with Gasteiger partial charge in [-0.15, -0.1) is 0 Å². The van der Waals surface area contributed by atoms with Crippen molar-refractivity contribution in [2.45, 2.75) is 19.0 Å². The van der Waals surface area contributed by atoms with E-state index >= 15 is 0 Å². The fourth-order valence-electron chi connectivity index (χ4n) is 3.58. The van der Waals surface area contributed by atoms with Gasteiger partial charge < -0.3 is 20.3 Å². The second-order valence-corrected chi connectivity index (χ2v) is 7.26. The average Bonchev–Trinajstić information content (AvgIpc) is 3.47. The van der Waals surface area contributed by atoms with Gasteiger partial charge in [-0.2, -0.15) is 5.10 Å². The van der Waals surface area contributed by atoms with Crippen molar-refractivity contribution >= 4 is 11.8 Å². The molecule has 1 aliphatic rings. The number of aliphatic imine (C=N–C) groups is 1. The molecule has 1 fully saturated rings. The number of hydrogen-bond donors (Lipinski definition) is 2. The SMILES string of the molecule is CN=C(NCc1ccn(-c2ccc(OC)cc2)n1)NC1CCN(c2ncccc2F)C1. The Kier molecular flexibility index (Phi) is 6.30. The van der Waals surface area contributed by atoms with Crippen molar-refractivity contribution in [3.8, 4) is 11.4 Å². The van der Waals surface area contributed by atoms with E-state index in [9.17, 15) is 4.39 Å². The molecule has 0 aliphatic carbocycles. The van der Waals surface area contributed by atoms with Gasteiger partial charge in [-0.05, 0) is 48.9 Å². The lowest BCUT2D eigenvalue weighted by Gasteiger charge is -2.19. The third-order valence-electron chi connectivity index (χ3n) is 5.21. The summed E-state index contributed by atoms with van der Waals surface area (Å²) < 4.78 is 21.0. The minimum absolute atomic E-state index is 0.157. The minimum atomic E-state index is -0.293. The molecule has 1 unspecified atom stereocenters. The lowest BCUT2D eigenvalue weighted by atomic mass is 10.3. The van der Waals surface area contributed by atoms with Crippen LogP contribution in [0.25, 0.3) is 5.69 Å². The van der Waals surface area contributed by atoms with Gasteiger partial charge in [0.05, 0.1) is 25.0 Å². The summed E-state index contributed by atoms with van der Waals surface area (Å²) in [6.45, 7) is 1.95. The lowest BCUT2D eigenvalue weighted by Crippen LogP contribution is -2.44. The van der Waals surface area contributed by atoms with Gasteiger partial charge in [-0.25, -0.2) is 14.1 Å². The molecule has 2 N–H and O–H groups in total. The van der Waals surface area contributed by atoms with E-state index in [-0.39, 0.29) is 11.9 Å². The standard InChI is InChI=1S/C22H26FN7O/c1-24-22(27-17-9-12-29(15-17)21-20(23)4-3-11-25-21)26-14-16-10-13-30(28-16)18-5-7-19(31-2)8-6-18/h3-8,10-11,13,17H,9,12,14-15H2,1-2H3,(H2,24,26,27). The van der Waals surface area contributed by atoms with Crippen LogP contribution in [-0.2, 0) is 6.54 Å². The molecule has 162 valence electrons. The van der Waals surface area contributed by atoms with E-state index in [2.05, 4.69) is 25.7 Å². The molecular weight excluding hydrogens is 397 g/mol. The van der Waals surface area contributed by atoms with Gasteiger partial charge in [0.2, 0.25) is 0 Å². The second-order valence-electron chi connectivity index (χ2n) is 7.26. The van der Waals surface area contributed by atoms with Crippen LogP contribution >= 0.6 is 0 Å².